The number of hydrogen-bond acceptors (Lipinski definition) is 6. The maximum Gasteiger partial charge on any atom is 0.241 e. The zero-order valence-electron chi connectivity index (χ0n) is 11.2. The third-order valence-corrected chi connectivity index (χ3v) is 3.83. The van der Waals surface area contributed by atoms with Crippen molar-refractivity contribution in [3.8, 4) is 0 Å². The minimum absolute atomic E-state index is 0.414. The molecule has 2 unspecified atom stereocenters. The number of fused-ring (bicyclic) bond motifs is 1. The number of aromatic amines is 1. The highest BCUT2D eigenvalue weighted by molar-refractivity contribution is 5.87. The van der Waals surface area contributed by atoms with Crippen molar-refractivity contribution in [2.75, 3.05) is 16.9 Å². The first-order valence-electron chi connectivity index (χ1n) is 6.63. The summed E-state index contributed by atoms with van der Waals surface area (Å²) >= 11 is 0. The lowest BCUT2D eigenvalue weighted by Gasteiger charge is -2.37. The fraction of sp³-hybridized carbons (Fsp3) is 0.583. The lowest BCUT2D eigenvalue weighted by Crippen LogP contribution is -2.41. The highest BCUT2D eigenvalue weighted by Gasteiger charge is 2.26. The van der Waals surface area contributed by atoms with Crippen molar-refractivity contribution in [2.24, 2.45) is 11.8 Å². The minimum atomic E-state index is 0.414. The van der Waals surface area contributed by atoms with E-state index in [1.165, 1.54) is 12.8 Å². The number of nitrogens with one attached hydrogen (secondary N) is 2. The lowest BCUT2D eigenvalue weighted by molar-refractivity contribution is 0.376. The van der Waals surface area contributed by atoms with Crippen molar-refractivity contribution in [3.05, 3.63) is 6.20 Å². The number of piperidine rings is 1. The van der Waals surface area contributed by atoms with E-state index in [9.17, 15) is 0 Å². The monoisotopic (exact) mass is 261 g/mol. The summed E-state index contributed by atoms with van der Waals surface area (Å²) in [4.78, 5) is 11.1. The smallest absolute Gasteiger partial charge is 0.241 e. The Morgan fingerprint density at radius 2 is 2.26 bits per heavy atom. The normalized spacial score (nSPS) is 23.8. The van der Waals surface area contributed by atoms with Crippen LogP contribution in [-0.4, -0.2) is 32.8 Å². The van der Waals surface area contributed by atoms with Crippen LogP contribution in [0.1, 0.15) is 26.7 Å². The summed E-state index contributed by atoms with van der Waals surface area (Å²) in [5.41, 5.74) is 3.23. The number of hydrazine groups is 1. The molecule has 4 N–H and O–H groups in total. The van der Waals surface area contributed by atoms with E-state index in [1.807, 2.05) is 0 Å². The number of hydrogen-bond donors (Lipinski definition) is 3. The van der Waals surface area contributed by atoms with E-state index in [2.05, 4.69) is 44.3 Å². The molecule has 2 aromatic rings. The van der Waals surface area contributed by atoms with Gasteiger partial charge in [-0.05, 0) is 25.7 Å². The Morgan fingerprint density at radius 3 is 3.00 bits per heavy atom. The van der Waals surface area contributed by atoms with Crippen LogP contribution in [0.25, 0.3) is 11.0 Å². The summed E-state index contributed by atoms with van der Waals surface area (Å²) < 4.78 is 0. The summed E-state index contributed by atoms with van der Waals surface area (Å²) in [6.45, 7) is 5.54. The third kappa shape index (κ3) is 2.10. The van der Waals surface area contributed by atoms with Gasteiger partial charge in [-0.1, -0.05) is 6.92 Å². The fourth-order valence-electron chi connectivity index (χ4n) is 2.83. The van der Waals surface area contributed by atoms with Crippen LogP contribution < -0.4 is 16.2 Å². The van der Waals surface area contributed by atoms with Gasteiger partial charge in [-0.25, -0.2) is 5.84 Å². The third-order valence-electron chi connectivity index (χ3n) is 3.83. The Morgan fingerprint density at radius 1 is 1.42 bits per heavy atom. The molecule has 0 spiro atoms. The highest BCUT2D eigenvalue weighted by Crippen LogP contribution is 2.31. The molecule has 2 aromatic heterocycles. The van der Waals surface area contributed by atoms with E-state index < -0.39 is 0 Å². The zero-order valence-corrected chi connectivity index (χ0v) is 11.2. The van der Waals surface area contributed by atoms with Gasteiger partial charge in [0, 0.05) is 12.6 Å². The first-order valence-corrected chi connectivity index (χ1v) is 6.63. The second-order valence-electron chi connectivity index (χ2n) is 5.32. The van der Waals surface area contributed by atoms with Crippen LogP contribution in [0, 0.1) is 5.92 Å². The average Bonchev–Trinajstić information content (AvgIpc) is 2.86. The molecule has 1 aliphatic rings. The van der Waals surface area contributed by atoms with Gasteiger partial charge in [0.2, 0.25) is 5.95 Å². The molecule has 0 aromatic carbocycles. The molecule has 0 saturated carbocycles. The Kier molecular flexibility index (Phi) is 2.98. The Balaban J connectivity index is 2.05. The molecule has 2 atom stereocenters. The first kappa shape index (κ1) is 12.2. The van der Waals surface area contributed by atoms with Gasteiger partial charge < -0.3 is 4.90 Å². The summed E-state index contributed by atoms with van der Waals surface area (Å²) in [6, 6.07) is 0.461. The molecular formula is C12H19N7. The van der Waals surface area contributed by atoms with E-state index in [0.29, 0.717) is 17.6 Å². The van der Waals surface area contributed by atoms with Gasteiger partial charge in [-0.2, -0.15) is 15.1 Å². The van der Waals surface area contributed by atoms with E-state index in [4.69, 9.17) is 5.84 Å². The van der Waals surface area contributed by atoms with Gasteiger partial charge in [-0.3, -0.25) is 10.5 Å². The summed E-state index contributed by atoms with van der Waals surface area (Å²) in [5.74, 6) is 7.52. The van der Waals surface area contributed by atoms with Crippen molar-refractivity contribution in [1.29, 1.82) is 0 Å². The number of rotatable bonds is 2. The Bertz CT molecular complexity index is 578. The molecule has 0 bridgehead atoms. The standard InChI is InChI=1S/C12H19N7/c1-7-3-4-19(8(2)5-7)11-9-6-14-18-10(9)15-12(16-11)17-13/h6-8H,3-5,13H2,1-2H3,(H2,14,15,16,17,18). The van der Waals surface area contributed by atoms with Crippen LogP contribution in [0.2, 0.25) is 0 Å². The van der Waals surface area contributed by atoms with Crippen LogP contribution >= 0.6 is 0 Å². The molecule has 1 aliphatic heterocycles. The van der Waals surface area contributed by atoms with E-state index in [0.717, 1.165) is 23.7 Å². The molecule has 102 valence electrons. The molecule has 0 amide bonds. The Labute approximate surface area is 111 Å². The minimum Gasteiger partial charge on any atom is -0.353 e. The highest BCUT2D eigenvalue weighted by atomic mass is 15.3. The summed E-state index contributed by atoms with van der Waals surface area (Å²) in [5, 5.41) is 7.87. The predicted molar refractivity (Wildman–Crippen MR) is 74.7 cm³/mol. The van der Waals surface area contributed by atoms with E-state index in [-0.39, 0.29) is 0 Å². The molecule has 7 nitrogen and oxygen atoms in total. The number of H-pyrrole nitrogens is 1. The van der Waals surface area contributed by atoms with Crippen molar-refractivity contribution in [1.82, 2.24) is 20.2 Å². The summed E-state index contributed by atoms with van der Waals surface area (Å²) in [7, 11) is 0. The van der Waals surface area contributed by atoms with Crippen LogP contribution in [0.3, 0.4) is 0 Å². The maximum atomic E-state index is 5.44. The molecule has 0 aliphatic carbocycles. The van der Waals surface area contributed by atoms with Crippen LogP contribution in [-0.2, 0) is 0 Å². The average molecular weight is 261 g/mol. The Hall–Kier alpha value is -1.89. The maximum absolute atomic E-state index is 5.44. The number of nitrogens with two attached hydrogens (primary N) is 1. The predicted octanol–water partition coefficient (Wildman–Crippen LogP) is 1.26. The fourth-order valence-corrected chi connectivity index (χ4v) is 2.83. The zero-order chi connectivity index (χ0) is 13.4. The van der Waals surface area contributed by atoms with Crippen LogP contribution in [0.4, 0.5) is 11.8 Å². The molecule has 19 heavy (non-hydrogen) atoms. The lowest BCUT2D eigenvalue weighted by atomic mass is 9.93. The van der Waals surface area contributed by atoms with Crippen LogP contribution in [0.15, 0.2) is 6.20 Å². The topological polar surface area (TPSA) is 95.8 Å². The number of nitrogen functional groups attached to an aromatic ring is 1. The summed E-state index contributed by atoms with van der Waals surface area (Å²) in [6.07, 6.45) is 4.13. The molecule has 3 rings (SSSR count). The quantitative estimate of drug-likeness (QED) is 0.556. The largest absolute Gasteiger partial charge is 0.353 e. The van der Waals surface area contributed by atoms with E-state index >= 15 is 0 Å². The molecule has 1 saturated heterocycles. The van der Waals surface area contributed by atoms with Gasteiger partial charge in [0.25, 0.3) is 0 Å². The number of aromatic nitrogens is 4. The van der Waals surface area contributed by atoms with Gasteiger partial charge in [-0.15, -0.1) is 0 Å². The second-order valence-corrected chi connectivity index (χ2v) is 5.32. The SMILES string of the molecule is CC1CCN(c2nc(NN)nc3[nH]ncc23)C(C)C1. The molecule has 3 heterocycles. The molecule has 1 fully saturated rings. The van der Waals surface area contributed by atoms with Crippen molar-refractivity contribution >= 4 is 22.8 Å². The number of nitrogens with zero attached hydrogens (tertiary/aromatic N) is 4. The van der Waals surface area contributed by atoms with Gasteiger partial charge in [0.05, 0.1) is 11.6 Å². The molecular weight excluding hydrogens is 242 g/mol. The number of anilines is 2. The van der Waals surface area contributed by atoms with Gasteiger partial charge >= 0.3 is 0 Å². The van der Waals surface area contributed by atoms with E-state index in [1.54, 1.807) is 6.20 Å². The van der Waals surface area contributed by atoms with Gasteiger partial charge in [0.15, 0.2) is 5.65 Å². The van der Waals surface area contributed by atoms with Crippen molar-refractivity contribution < 1.29 is 0 Å². The van der Waals surface area contributed by atoms with Crippen molar-refractivity contribution in [2.45, 2.75) is 32.7 Å². The molecule has 7 heteroatoms. The second kappa shape index (κ2) is 4.65. The molecule has 0 radical (unpaired) electrons. The van der Waals surface area contributed by atoms with Gasteiger partial charge in [0.1, 0.15) is 5.82 Å². The van der Waals surface area contributed by atoms with Crippen LogP contribution in [0.5, 0.6) is 0 Å². The first-order chi connectivity index (χ1) is 9.19. The van der Waals surface area contributed by atoms with Crippen molar-refractivity contribution in [3.63, 3.8) is 0 Å².